The Hall–Kier alpha value is -1.89. The Morgan fingerprint density at radius 2 is 1.82 bits per heavy atom. The molecule has 6 heteroatoms. The molecule has 1 aromatic carbocycles. The molecule has 1 amide bonds. The largest absolute Gasteiger partial charge is 0.484 e. The smallest absolute Gasteiger partial charge is 0.258 e. The Balaban J connectivity index is 1.50. The Kier molecular flexibility index (Phi) is 7.48. The zero-order valence-corrected chi connectivity index (χ0v) is 17.9. The molecule has 1 aliphatic rings. The van der Waals surface area contributed by atoms with Crippen molar-refractivity contribution in [3.63, 3.8) is 0 Å². The van der Waals surface area contributed by atoms with Crippen LogP contribution in [0.1, 0.15) is 36.9 Å². The highest BCUT2D eigenvalue weighted by Crippen LogP contribution is 2.24. The van der Waals surface area contributed by atoms with Gasteiger partial charge in [-0.05, 0) is 53.1 Å². The average molecular weight is 402 g/mol. The molecule has 1 aromatic heterocycles. The summed E-state index contributed by atoms with van der Waals surface area (Å²) in [5.74, 6) is 1.14. The van der Waals surface area contributed by atoms with Gasteiger partial charge in [0.05, 0.1) is 6.04 Å². The maximum absolute atomic E-state index is 12.3. The van der Waals surface area contributed by atoms with Crippen LogP contribution in [0.5, 0.6) is 5.75 Å². The summed E-state index contributed by atoms with van der Waals surface area (Å²) >= 11 is 1.70. The number of hydrogen-bond acceptors (Lipinski definition) is 5. The first-order valence-electron chi connectivity index (χ1n) is 9.97. The van der Waals surface area contributed by atoms with Crippen LogP contribution in [-0.4, -0.2) is 62.1 Å². The lowest BCUT2D eigenvalue weighted by Crippen LogP contribution is -2.48. The molecule has 1 fully saturated rings. The minimum absolute atomic E-state index is 0.0418. The van der Waals surface area contributed by atoms with Crippen LogP contribution in [-0.2, 0) is 4.79 Å². The average Bonchev–Trinajstić information content (AvgIpc) is 3.22. The zero-order chi connectivity index (χ0) is 19.9. The first kappa shape index (κ1) is 20.8. The summed E-state index contributed by atoms with van der Waals surface area (Å²) in [7, 11) is 2.16. The molecule has 3 rings (SSSR count). The fraction of sp³-hybridized carbons (Fsp3) is 0.500. The van der Waals surface area contributed by atoms with E-state index < -0.39 is 0 Å². The number of likely N-dealkylation sites (N-methyl/N-ethyl adjacent to an activating group) is 1. The minimum Gasteiger partial charge on any atom is -0.484 e. The molecule has 0 radical (unpaired) electrons. The highest BCUT2D eigenvalue weighted by molar-refractivity contribution is 7.07. The quantitative estimate of drug-likeness (QED) is 0.737. The van der Waals surface area contributed by atoms with Crippen LogP contribution in [0, 0.1) is 0 Å². The molecule has 1 N–H and O–H groups in total. The summed E-state index contributed by atoms with van der Waals surface area (Å²) in [5, 5.41) is 7.35. The van der Waals surface area contributed by atoms with Crippen LogP contribution in [0.2, 0.25) is 0 Å². The van der Waals surface area contributed by atoms with E-state index in [4.69, 9.17) is 4.74 Å². The number of rotatable bonds is 8. The van der Waals surface area contributed by atoms with E-state index in [1.807, 2.05) is 12.1 Å². The molecule has 152 valence electrons. The van der Waals surface area contributed by atoms with Crippen molar-refractivity contribution in [1.29, 1.82) is 0 Å². The van der Waals surface area contributed by atoms with Gasteiger partial charge >= 0.3 is 0 Å². The van der Waals surface area contributed by atoms with Gasteiger partial charge in [-0.25, -0.2) is 0 Å². The topological polar surface area (TPSA) is 44.8 Å². The fourth-order valence-corrected chi connectivity index (χ4v) is 4.12. The van der Waals surface area contributed by atoms with Gasteiger partial charge in [0.15, 0.2) is 6.61 Å². The van der Waals surface area contributed by atoms with Crippen molar-refractivity contribution in [3.8, 4) is 5.75 Å². The van der Waals surface area contributed by atoms with E-state index >= 15 is 0 Å². The molecular weight excluding hydrogens is 370 g/mol. The number of piperazine rings is 1. The van der Waals surface area contributed by atoms with Crippen molar-refractivity contribution >= 4 is 17.2 Å². The summed E-state index contributed by atoms with van der Waals surface area (Å²) in [4.78, 5) is 17.2. The van der Waals surface area contributed by atoms with Gasteiger partial charge in [0.25, 0.3) is 5.91 Å². The second-order valence-corrected chi connectivity index (χ2v) is 8.51. The molecule has 5 nitrogen and oxygen atoms in total. The molecule has 0 aliphatic carbocycles. The molecule has 1 saturated heterocycles. The van der Waals surface area contributed by atoms with E-state index in [0.29, 0.717) is 12.5 Å². The van der Waals surface area contributed by atoms with Gasteiger partial charge in [-0.15, -0.1) is 0 Å². The predicted molar refractivity (Wildman–Crippen MR) is 115 cm³/mol. The van der Waals surface area contributed by atoms with Crippen molar-refractivity contribution in [1.82, 2.24) is 15.1 Å². The lowest BCUT2D eigenvalue weighted by Gasteiger charge is -2.38. The van der Waals surface area contributed by atoms with Crippen molar-refractivity contribution in [2.24, 2.45) is 0 Å². The molecule has 2 heterocycles. The minimum atomic E-state index is -0.0812. The summed E-state index contributed by atoms with van der Waals surface area (Å²) in [6.45, 7) is 9.13. The van der Waals surface area contributed by atoms with Crippen LogP contribution < -0.4 is 10.1 Å². The van der Waals surface area contributed by atoms with Crippen molar-refractivity contribution < 1.29 is 9.53 Å². The molecule has 0 bridgehead atoms. The zero-order valence-electron chi connectivity index (χ0n) is 17.1. The maximum atomic E-state index is 12.3. The summed E-state index contributed by atoms with van der Waals surface area (Å²) in [6, 6.07) is 10.3. The van der Waals surface area contributed by atoms with E-state index in [9.17, 15) is 4.79 Å². The lowest BCUT2D eigenvalue weighted by molar-refractivity contribution is -0.123. The number of hydrogen-bond donors (Lipinski definition) is 1. The van der Waals surface area contributed by atoms with Crippen LogP contribution in [0.25, 0.3) is 0 Å². The molecule has 1 atom stereocenters. The Labute approximate surface area is 172 Å². The van der Waals surface area contributed by atoms with Gasteiger partial charge in [-0.1, -0.05) is 26.0 Å². The van der Waals surface area contributed by atoms with Crippen LogP contribution >= 0.6 is 11.3 Å². The monoisotopic (exact) mass is 401 g/mol. The fourth-order valence-electron chi connectivity index (χ4n) is 3.42. The molecule has 0 spiro atoms. The number of carbonyl (C=O) groups is 1. The normalized spacial score (nSPS) is 16.9. The van der Waals surface area contributed by atoms with Crippen LogP contribution in [0.3, 0.4) is 0 Å². The molecule has 1 unspecified atom stereocenters. The SMILES string of the molecule is CC(C)c1ccc(OCC(=O)NCC(c2ccsc2)N2CCN(C)CC2)cc1. The number of carbonyl (C=O) groups excluding carboxylic acids is 1. The van der Waals surface area contributed by atoms with Crippen molar-refractivity contribution in [3.05, 3.63) is 52.2 Å². The molecule has 28 heavy (non-hydrogen) atoms. The van der Waals surface area contributed by atoms with Gasteiger partial charge in [-0.3, -0.25) is 9.69 Å². The Morgan fingerprint density at radius 1 is 1.11 bits per heavy atom. The number of thiophene rings is 1. The number of ether oxygens (including phenoxy) is 1. The van der Waals surface area contributed by atoms with Crippen molar-refractivity contribution in [2.45, 2.75) is 25.8 Å². The highest BCUT2D eigenvalue weighted by Gasteiger charge is 2.24. The molecule has 1 aliphatic heterocycles. The summed E-state index contributed by atoms with van der Waals surface area (Å²) in [6.07, 6.45) is 0. The first-order valence-corrected chi connectivity index (χ1v) is 10.9. The van der Waals surface area contributed by atoms with Gasteiger partial charge in [0.1, 0.15) is 5.75 Å². The van der Waals surface area contributed by atoms with Gasteiger partial charge in [0.2, 0.25) is 0 Å². The molecule has 0 saturated carbocycles. The Morgan fingerprint density at radius 3 is 2.43 bits per heavy atom. The first-order chi connectivity index (χ1) is 13.5. The van der Waals surface area contributed by atoms with E-state index in [1.165, 1.54) is 11.1 Å². The van der Waals surface area contributed by atoms with Crippen molar-refractivity contribution in [2.75, 3.05) is 46.4 Å². The number of benzene rings is 1. The third-order valence-corrected chi connectivity index (χ3v) is 6.02. The molecule has 2 aromatic rings. The van der Waals surface area contributed by atoms with E-state index in [2.05, 4.69) is 65.0 Å². The van der Waals surface area contributed by atoms with E-state index in [0.717, 1.165) is 31.9 Å². The third kappa shape index (κ3) is 5.80. The van der Waals surface area contributed by atoms with E-state index in [1.54, 1.807) is 11.3 Å². The van der Waals surface area contributed by atoms with E-state index in [-0.39, 0.29) is 18.6 Å². The highest BCUT2D eigenvalue weighted by atomic mass is 32.1. The lowest BCUT2D eigenvalue weighted by atomic mass is 10.0. The summed E-state index contributed by atoms with van der Waals surface area (Å²) < 4.78 is 5.65. The third-order valence-electron chi connectivity index (χ3n) is 5.32. The van der Waals surface area contributed by atoms with Crippen LogP contribution in [0.4, 0.5) is 0 Å². The van der Waals surface area contributed by atoms with Gasteiger partial charge in [-0.2, -0.15) is 11.3 Å². The van der Waals surface area contributed by atoms with Crippen LogP contribution in [0.15, 0.2) is 41.1 Å². The maximum Gasteiger partial charge on any atom is 0.258 e. The number of nitrogens with zero attached hydrogens (tertiary/aromatic N) is 2. The summed E-state index contributed by atoms with van der Waals surface area (Å²) in [5.41, 5.74) is 2.54. The standard InChI is InChI=1S/C22H31N3O2S/c1-17(2)18-4-6-20(7-5-18)27-15-22(26)23-14-21(19-8-13-28-16-19)25-11-9-24(3)10-12-25/h4-8,13,16-17,21H,9-12,14-15H2,1-3H3,(H,23,26). The number of nitrogens with one attached hydrogen (secondary N) is 1. The second-order valence-electron chi connectivity index (χ2n) is 7.73. The number of amides is 1. The predicted octanol–water partition coefficient (Wildman–Crippen LogP) is 3.36. The van der Waals surface area contributed by atoms with Gasteiger partial charge in [0, 0.05) is 32.7 Å². The van der Waals surface area contributed by atoms with Gasteiger partial charge < -0.3 is 15.0 Å². The Bertz CT molecular complexity index is 723. The molecular formula is C22H31N3O2S. The second kappa shape index (κ2) is 10.0.